The Bertz CT molecular complexity index is 2900. The number of nitriles is 1. The Kier molecular flexibility index (Phi) is 11.4. The summed E-state index contributed by atoms with van der Waals surface area (Å²) in [6.07, 6.45) is 7.42. The number of anilines is 2. The number of aromatic nitrogens is 4. The quantitative estimate of drug-likeness (QED) is 0.172. The van der Waals surface area contributed by atoms with Gasteiger partial charge in [-0.2, -0.15) is 23.1 Å². The van der Waals surface area contributed by atoms with E-state index in [1.54, 1.807) is 29.3 Å². The first-order valence-corrected chi connectivity index (χ1v) is 22.9. The minimum atomic E-state index is -4.02. The predicted octanol–water partition coefficient (Wildman–Crippen LogP) is 5.80. The lowest BCUT2D eigenvalue weighted by Crippen LogP contribution is -2.49. The van der Waals surface area contributed by atoms with Gasteiger partial charge < -0.3 is 14.4 Å². The van der Waals surface area contributed by atoms with E-state index in [4.69, 9.17) is 9.47 Å². The first-order chi connectivity index (χ1) is 30.7. The monoisotopic (exact) mass is 898 g/mol. The number of carbonyl (C=O) groups is 2. The number of carbonyl (C=O) groups excluding carboxylic acids is 2. The standard InChI is InChI=1S/C44H48F2N10O7S/c1-4-52(2)64(60,61)51-37-8-6-34(45)40(33(37)23-47)63-29-5-7-36-31(19-29)42(58)56(25-48-36)28-22-44(62-24-28)14-9-27(10-15-44)54-16-11-26(12-17-54)30-21-38-32(20-35(30)46)41(50-53(38)3)55-18-13-39(57)49-43(55)59/h5-8,19-21,25-28,51H,4,9-18,22,24H2,1-3H3,(H,49,57,59)/t27?,28-,44?/m1/s1. The Balaban J connectivity index is 0.834. The molecule has 1 aliphatic carbocycles. The van der Waals surface area contributed by atoms with Crippen LogP contribution in [0.25, 0.3) is 21.8 Å². The highest BCUT2D eigenvalue weighted by Crippen LogP contribution is 2.45. The van der Waals surface area contributed by atoms with Gasteiger partial charge in [0.2, 0.25) is 5.91 Å². The molecule has 20 heteroatoms. The lowest BCUT2D eigenvalue weighted by atomic mass is 9.78. The summed E-state index contributed by atoms with van der Waals surface area (Å²) in [5.74, 6) is -1.63. The molecule has 64 heavy (non-hydrogen) atoms. The molecule has 3 saturated heterocycles. The number of amides is 3. The van der Waals surface area contributed by atoms with Crippen molar-refractivity contribution in [3.63, 3.8) is 0 Å². The van der Waals surface area contributed by atoms with Crippen molar-refractivity contribution in [2.45, 2.75) is 81.9 Å². The topological polar surface area (TPSA) is 197 Å². The molecular formula is C44H48F2N10O7S. The van der Waals surface area contributed by atoms with Gasteiger partial charge in [0.1, 0.15) is 23.2 Å². The molecule has 9 rings (SSSR count). The van der Waals surface area contributed by atoms with Gasteiger partial charge in [-0.3, -0.25) is 33.8 Å². The van der Waals surface area contributed by atoms with E-state index in [1.807, 2.05) is 12.1 Å². The van der Waals surface area contributed by atoms with Gasteiger partial charge in [-0.05, 0) is 112 Å². The number of nitrogens with zero attached hydrogens (tertiary/aromatic N) is 8. The number of hydrogen-bond acceptors (Lipinski definition) is 11. The van der Waals surface area contributed by atoms with Crippen molar-refractivity contribution in [3.05, 3.63) is 81.9 Å². The van der Waals surface area contributed by atoms with Gasteiger partial charge in [0.25, 0.3) is 5.56 Å². The average Bonchev–Trinajstić information content (AvgIpc) is 3.84. The minimum Gasteiger partial charge on any atom is -0.453 e. The van der Waals surface area contributed by atoms with E-state index < -0.39 is 27.8 Å². The zero-order chi connectivity index (χ0) is 45.1. The number of urea groups is 1. The minimum absolute atomic E-state index is 0.0314. The van der Waals surface area contributed by atoms with Gasteiger partial charge in [0.05, 0.1) is 46.7 Å². The maximum atomic E-state index is 15.8. The molecule has 5 heterocycles. The van der Waals surface area contributed by atoms with E-state index in [0.29, 0.717) is 41.4 Å². The van der Waals surface area contributed by atoms with Crippen LogP contribution in [0, 0.1) is 23.0 Å². The zero-order valence-corrected chi connectivity index (χ0v) is 36.5. The molecule has 3 aromatic carbocycles. The van der Waals surface area contributed by atoms with Gasteiger partial charge in [-0.25, -0.2) is 18.6 Å². The van der Waals surface area contributed by atoms with E-state index in [9.17, 15) is 28.1 Å². The largest absolute Gasteiger partial charge is 0.453 e. The normalized spacial score (nSPS) is 22.4. The summed E-state index contributed by atoms with van der Waals surface area (Å²) in [7, 11) is -0.893. The summed E-state index contributed by atoms with van der Waals surface area (Å²) in [5.41, 5.74) is 0.542. The van der Waals surface area contributed by atoms with E-state index in [2.05, 4.69) is 25.0 Å². The summed E-state index contributed by atoms with van der Waals surface area (Å²) in [4.78, 5) is 46.7. The molecule has 1 saturated carbocycles. The third-order valence-corrected chi connectivity index (χ3v) is 15.0. The number of rotatable bonds is 10. The van der Waals surface area contributed by atoms with Gasteiger partial charge in [0.15, 0.2) is 17.4 Å². The molecule has 4 aliphatic rings. The molecule has 5 aromatic rings. The summed E-state index contributed by atoms with van der Waals surface area (Å²) in [5, 5.41) is 17.5. The van der Waals surface area contributed by atoms with Crippen molar-refractivity contribution in [1.82, 2.24) is 33.9 Å². The molecule has 4 fully saturated rings. The molecular weight excluding hydrogens is 851 g/mol. The fourth-order valence-corrected chi connectivity index (χ4v) is 10.7. The molecule has 1 spiro atoms. The van der Waals surface area contributed by atoms with Crippen molar-refractivity contribution in [1.29, 1.82) is 5.26 Å². The third-order valence-electron chi connectivity index (χ3n) is 13.5. The summed E-state index contributed by atoms with van der Waals surface area (Å²) in [6, 6.07) is 11.3. The van der Waals surface area contributed by atoms with Crippen molar-refractivity contribution in [2.24, 2.45) is 7.05 Å². The van der Waals surface area contributed by atoms with Crippen molar-refractivity contribution in [2.75, 3.05) is 49.5 Å². The average molecular weight is 899 g/mol. The number of fused-ring (bicyclic) bond motifs is 2. The van der Waals surface area contributed by atoms with Crippen LogP contribution in [0.1, 0.15) is 81.4 Å². The second-order valence-electron chi connectivity index (χ2n) is 17.2. The van der Waals surface area contributed by atoms with Crippen LogP contribution in [-0.2, 0) is 26.8 Å². The Morgan fingerprint density at radius 1 is 1.02 bits per heavy atom. The first kappa shape index (κ1) is 43.3. The molecule has 3 amide bonds. The number of halogens is 2. The predicted molar refractivity (Wildman–Crippen MR) is 232 cm³/mol. The fraction of sp³-hybridized carbons (Fsp3) is 0.455. The van der Waals surface area contributed by atoms with E-state index in [0.717, 1.165) is 73.6 Å². The van der Waals surface area contributed by atoms with Crippen LogP contribution in [0.15, 0.2) is 53.6 Å². The molecule has 1 atom stereocenters. The number of aryl methyl sites for hydroxylation is 1. The summed E-state index contributed by atoms with van der Waals surface area (Å²) >= 11 is 0. The molecule has 17 nitrogen and oxygen atoms in total. The van der Waals surface area contributed by atoms with E-state index in [1.165, 1.54) is 36.5 Å². The Morgan fingerprint density at radius 3 is 2.50 bits per heavy atom. The maximum absolute atomic E-state index is 15.8. The molecule has 0 radical (unpaired) electrons. The van der Waals surface area contributed by atoms with Crippen molar-refractivity contribution in [3.8, 4) is 17.6 Å². The molecule has 336 valence electrons. The van der Waals surface area contributed by atoms with Crippen LogP contribution in [-0.4, -0.2) is 100 Å². The zero-order valence-electron chi connectivity index (χ0n) is 35.6. The van der Waals surface area contributed by atoms with Gasteiger partial charge in [0, 0.05) is 45.0 Å². The number of nitrogens with one attached hydrogen (secondary N) is 2. The smallest absolute Gasteiger partial charge is 0.329 e. The SMILES string of the molecule is CCN(C)S(=O)(=O)Nc1ccc(F)c(Oc2ccc3ncn([C@H]4COC5(CCC(N6CCC(c7cc8c(cc7F)c(N7CCC(=O)NC7=O)nn8C)CC6)CC5)C4)c(=O)c3c2)c1C#N. The van der Waals surface area contributed by atoms with E-state index in [-0.39, 0.29) is 76.7 Å². The number of ether oxygens (including phenoxy) is 2. The molecule has 2 N–H and O–H groups in total. The second-order valence-corrected chi connectivity index (χ2v) is 18.9. The van der Waals surface area contributed by atoms with E-state index >= 15 is 8.78 Å². The molecule has 0 unspecified atom stereocenters. The second kappa shape index (κ2) is 16.8. The number of benzene rings is 3. The molecule has 2 aromatic heterocycles. The molecule has 3 aliphatic heterocycles. The highest BCUT2D eigenvalue weighted by atomic mass is 32.2. The fourth-order valence-electron chi connectivity index (χ4n) is 9.77. The van der Waals surface area contributed by atoms with Crippen LogP contribution < -0.4 is 25.2 Å². The maximum Gasteiger partial charge on any atom is 0.329 e. The Hall–Kier alpha value is -6.01. The highest BCUT2D eigenvalue weighted by Gasteiger charge is 2.45. The number of hydrogen-bond donors (Lipinski definition) is 2. The van der Waals surface area contributed by atoms with Gasteiger partial charge >= 0.3 is 16.2 Å². The number of likely N-dealkylation sites (tertiary alicyclic amines) is 1. The summed E-state index contributed by atoms with van der Waals surface area (Å²) in [6.45, 7) is 3.99. The van der Waals surface area contributed by atoms with Crippen LogP contribution in [0.4, 0.5) is 25.1 Å². The Morgan fingerprint density at radius 2 is 1.78 bits per heavy atom. The Labute approximate surface area is 367 Å². The number of imide groups is 1. The van der Waals surface area contributed by atoms with Crippen LogP contribution in [0.2, 0.25) is 0 Å². The van der Waals surface area contributed by atoms with Gasteiger partial charge in [-0.1, -0.05) is 6.92 Å². The van der Waals surface area contributed by atoms with Crippen LogP contribution >= 0.6 is 0 Å². The van der Waals surface area contributed by atoms with Crippen molar-refractivity contribution < 1.29 is 36.3 Å². The lowest BCUT2D eigenvalue weighted by molar-refractivity contribution is -0.120. The molecule has 0 bridgehead atoms. The highest BCUT2D eigenvalue weighted by molar-refractivity contribution is 7.90. The van der Waals surface area contributed by atoms with Crippen LogP contribution in [0.3, 0.4) is 0 Å². The summed E-state index contributed by atoms with van der Waals surface area (Å²) < 4.78 is 75.2. The first-order valence-electron chi connectivity index (χ1n) is 21.5. The lowest BCUT2D eigenvalue weighted by Gasteiger charge is -2.43. The van der Waals surface area contributed by atoms with Gasteiger partial charge in [-0.15, -0.1) is 0 Å². The van der Waals surface area contributed by atoms with Crippen molar-refractivity contribution >= 4 is 55.5 Å². The third kappa shape index (κ3) is 7.94. The number of piperidine rings is 1. The van der Waals surface area contributed by atoms with Crippen LogP contribution in [0.5, 0.6) is 11.5 Å².